The van der Waals surface area contributed by atoms with Crippen LogP contribution >= 0.6 is 11.8 Å². The van der Waals surface area contributed by atoms with Crippen molar-refractivity contribution < 1.29 is 9.59 Å². The Bertz CT molecular complexity index is 230. The molecule has 13 heavy (non-hydrogen) atoms. The van der Waals surface area contributed by atoms with E-state index in [1.807, 2.05) is 0 Å². The molecule has 0 aromatic rings. The molecule has 0 atom stereocenters. The maximum Gasteiger partial charge on any atom is 0.239 e. The average Bonchev–Trinajstić information content (AvgIpc) is 2.48. The second-order valence-corrected chi connectivity index (χ2v) is 3.62. The number of amides is 2. The molecule has 1 N–H and O–H groups in total. The number of carbonyl (C=O) groups excluding carboxylic acids is 2. The van der Waals surface area contributed by atoms with Gasteiger partial charge in [0.15, 0.2) is 0 Å². The first kappa shape index (κ1) is 10.1. The molecule has 5 heteroatoms. The quantitative estimate of drug-likeness (QED) is 0.641. The van der Waals surface area contributed by atoms with Gasteiger partial charge in [0.1, 0.15) is 6.54 Å². The van der Waals surface area contributed by atoms with Gasteiger partial charge in [0, 0.05) is 6.54 Å². The number of thioether (sulfide) groups is 1. The number of nitrogens with zero attached hydrogens (tertiary/aromatic N) is 1. The van der Waals surface area contributed by atoms with Crippen LogP contribution in [0.1, 0.15) is 0 Å². The minimum atomic E-state index is -0.129. The molecule has 0 aromatic heterocycles. The van der Waals surface area contributed by atoms with Gasteiger partial charge < -0.3 is 10.2 Å². The molecule has 72 valence electrons. The largest absolute Gasteiger partial charge is 0.351 e. The summed E-state index contributed by atoms with van der Waals surface area (Å²) in [7, 11) is 0. The van der Waals surface area contributed by atoms with Crippen molar-refractivity contribution in [3.8, 4) is 0 Å². The van der Waals surface area contributed by atoms with Crippen LogP contribution in [0.5, 0.6) is 0 Å². The van der Waals surface area contributed by atoms with Crippen LogP contribution in [0.15, 0.2) is 12.7 Å². The van der Waals surface area contributed by atoms with E-state index in [1.165, 1.54) is 11.8 Å². The van der Waals surface area contributed by atoms with E-state index in [0.717, 1.165) is 0 Å². The van der Waals surface area contributed by atoms with E-state index in [1.54, 1.807) is 11.0 Å². The fraction of sp³-hybridized carbons (Fsp3) is 0.500. The SMILES string of the molecule is C=CCNC(=O)CN1CSCC1=O. The first-order chi connectivity index (χ1) is 6.24. The van der Waals surface area contributed by atoms with Crippen LogP contribution in [0.2, 0.25) is 0 Å². The van der Waals surface area contributed by atoms with Gasteiger partial charge in [-0.25, -0.2) is 0 Å². The first-order valence-electron chi connectivity index (χ1n) is 3.97. The Morgan fingerprint density at radius 3 is 3.08 bits per heavy atom. The Balaban J connectivity index is 2.26. The fourth-order valence-corrected chi connectivity index (χ4v) is 1.86. The molecule has 0 aromatic carbocycles. The van der Waals surface area contributed by atoms with Crippen LogP contribution < -0.4 is 5.32 Å². The van der Waals surface area contributed by atoms with Gasteiger partial charge in [0.2, 0.25) is 11.8 Å². The summed E-state index contributed by atoms with van der Waals surface area (Å²) in [5.74, 6) is 1.03. The van der Waals surface area contributed by atoms with Crippen molar-refractivity contribution in [3.63, 3.8) is 0 Å². The summed E-state index contributed by atoms with van der Waals surface area (Å²) < 4.78 is 0. The minimum absolute atomic E-state index is 0.0405. The van der Waals surface area contributed by atoms with Gasteiger partial charge in [-0.05, 0) is 0 Å². The molecule has 0 bridgehead atoms. The van der Waals surface area contributed by atoms with E-state index in [-0.39, 0.29) is 18.4 Å². The molecule has 1 aliphatic heterocycles. The van der Waals surface area contributed by atoms with Gasteiger partial charge in [-0.15, -0.1) is 18.3 Å². The van der Waals surface area contributed by atoms with Gasteiger partial charge in [0.05, 0.1) is 11.6 Å². The van der Waals surface area contributed by atoms with Crippen LogP contribution in [0.3, 0.4) is 0 Å². The van der Waals surface area contributed by atoms with Crippen molar-refractivity contribution in [1.29, 1.82) is 0 Å². The Hall–Kier alpha value is -0.970. The zero-order chi connectivity index (χ0) is 9.68. The smallest absolute Gasteiger partial charge is 0.239 e. The molecular formula is C8H12N2O2S. The highest BCUT2D eigenvalue weighted by Gasteiger charge is 2.22. The van der Waals surface area contributed by atoms with E-state index in [4.69, 9.17) is 0 Å². The molecule has 4 nitrogen and oxygen atoms in total. The molecule has 0 saturated carbocycles. The van der Waals surface area contributed by atoms with Crippen molar-refractivity contribution >= 4 is 23.6 Å². The first-order valence-corrected chi connectivity index (χ1v) is 5.12. The maximum absolute atomic E-state index is 11.1. The molecule has 1 fully saturated rings. The normalized spacial score (nSPS) is 16.0. The lowest BCUT2D eigenvalue weighted by Crippen LogP contribution is -2.38. The average molecular weight is 200 g/mol. The standard InChI is InChI=1S/C8H12N2O2S/c1-2-3-9-7(11)4-10-6-13-5-8(10)12/h2H,1,3-6H2,(H,9,11). The van der Waals surface area contributed by atoms with Crippen molar-refractivity contribution in [1.82, 2.24) is 10.2 Å². The highest BCUT2D eigenvalue weighted by Crippen LogP contribution is 2.13. The number of carbonyl (C=O) groups is 2. The summed E-state index contributed by atoms with van der Waals surface area (Å²) in [5, 5.41) is 2.62. The number of hydrogen-bond acceptors (Lipinski definition) is 3. The van der Waals surface area contributed by atoms with Crippen LogP contribution in [0, 0.1) is 0 Å². The molecule has 2 amide bonds. The second kappa shape index (κ2) is 4.91. The predicted octanol–water partition coefficient (Wildman–Crippen LogP) is -0.179. The number of nitrogens with one attached hydrogen (secondary N) is 1. The van der Waals surface area contributed by atoms with Gasteiger partial charge >= 0.3 is 0 Å². The Morgan fingerprint density at radius 1 is 1.77 bits per heavy atom. The maximum atomic E-state index is 11.1. The van der Waals surface area contributed by atoms with E-state index in [9.17, 15) is 9.59 Å². The topological polar surface area (TPSA) is 49.4 Å². The molecule has 1 heterocycles. The van der Waals surface area contributed by atoms with Crippen molar-refractivity contribution in [2.45, 2.75) is 0 Å². The third-order valence-corrected chi connectivity index (χ3v) is 2.55. The van der Waals surface area contributed by atoms with E-state index in [0.29, 0.717) is 18.2 Å². The second-order valence-electron chi connectivity index (χ2n) is 2.66. The Morgan fingerprint density at radius 2 is 2.54 bits per heavy atom. The monoisotopic (exact) mass is 200 g/mol. The molecule has 0 spiro atoms. The van der Waals surface area contributed by atoms with Crippen LogP contribution in [-0.2, 0) is 9.59 Å². The highest BCUT2D eigenvalue weighted by molar-refractivity contribution is 8.00. The summed E-state index contributed by atoms with van der Waals surface area (Å²) in [6.45, 7) is 4.10. The highest BCUT2D eigenvalue weighted by atomic mass is 32.2. The molecule has 1 saturated heterocycles. The van der Waals surface area contributed by atoms with Crippen molar-refractivity contribution in [2.75, 3.05) is 24.7 Å². The fourth-order valence-electron chi connectivity index (χ4n) is 0.956. The zero-order valence-corrected chi connectivity index (χ0v) is 8.10. The molecule has 1 aliphatic rings. The van der Waals surface area contributed by atoms with Crippen molar-refractivity contribution in [3.05, 3.63) is 12.7 Å². The molecule has 0 aliphatic carbocycles. The minimum Gasteiger partial charge on any atom is -0.351 e. The van der Waals surface area contributed by atoms with Gasteiger partial charge in [0.25, 0.3) is 0 Å². The summed E-state index contributed by atoms with van der Waals surface area (Å²) in [4.78, 5) is 23.8. The lowest BCUT2D eigenvalue weighted by molar-refractivity contribution is -0.132. The van der Waals surface area contributed by atoms with Crippen molar-refractivity contribution in [2.24, 2.45) is 0 Å². The van der Waals surface area contributed by atoms with E-state index in [2.05, 4.69) is 11.9 Å². The third kappa shape index (κ3) is 3.10. The summed E-state index contributed by atoms with van der Waals surface area (Å²) in [6, 6.07) is 0. The molecule has 0 radical (unpaired) electrons. The van der Waals surface area contributed by atoms with Crippen LogP contribution in [-0.4, -0.2) is 41.4 Å². The van der Waals surface area contributed by atoms with Gasteiger partial charge in [-0.3, -0.25) is 9.59 Å². The summed E-state index contributed by atoms with van der Waals surface area (Å²) in [5.41, 5.74) is 0. The van der Waals surface area contributed by atoms with Gasteiger partial charge in [-0.1, -0.05) is 6.08 Å². The van der Waals surface area contributed by atoms with E-state index < -0.39 is 0 Å². The summed E-state index contributed by atoms with van der Waals surface area (Å²) in [6.07, 6.45) is 1.61. The summed E-state index contributed by atoms with van der Waals surface area (Å²) >= 11 is 1.53. The van der Waals surface area contributed by atoms with Crippen LogP contribution in [0.25, 0.3) is 0 Å². The van der Waals surface area contributed by atoms with Crippen LogP contribution in [0.4, 0.5) is 0 Å². The zero-order valence-electron chi connectivity index (χ0n) is 7.28. The Labute approximate surface area is 81.4 Å². The third-order valence-electron chi connectivity index (χ3n) is 1.60. The van der Waals surface area contributed by atoms with Gasteiger partial charge in [-0.2, -0.15) is 0 Å². The molecular weight excluding hydrogens is 188 g/mol. The molecule has 1 rings (SSSR count). The lowest BCUT2D eigenvalue weighted by Gasteiger charge is -2.13. The van der Waals surface area contributed by atoms with E-state index >= 15 is 0 Å². The Kier molecular flexibility index (Phi) is 3.82. The lowest BCUT2D eigenvalue weighted by atomic mass is 10.5. The number of hydrogen-bond donors (Lipinski definition) is 1. The molecule has 0 unspecified atom stereocenters. The predicted molar refractivity (Wildman–Crippen MR) is 52.2 cm³/mol. The number of rotatable bonds is 4.